The van der Waals surface area contributed by atoms with E-state index in [0.717, 1.165) is 19.4 Å². The van der Waals surface area contributed by atoms with Crippen molar-refractivity contribution in [3.05, 3.63) is 48.3 Å². The lowest BCUT2D eigenvalue weighted by molar-refractivity contribution is -0.192. The van der Waals surface area contributed by atoms with Crippen molar-refractivity contribution in [3.63, 3.8) is 0 Å². The summed E-state index contributed by atoms with van der Waals surface area (Å²) in [6.07, 6.45) is 1.35. The van der Waals surface area contributed by atoms with E-state index in [0.29, 0.717) is 31.2 Å². The second kappa shape index (κ2) is 9.77. The van der Waals surface area contributed by atoms with E-state index in [9.17, 15) is 22.4 Å². The monoisotopic (exact) mass is 473 g/mol. The smallest absolute Gasteiger partial charge is 0.475 e. The molecule has 8 nitrogen and oxygen atoms in total. The van der Waals surface area contributed by atoms with Gasteiger partial charge in [0.05, 0.1) is 24.0 Å². The van der Waals surface area contributed by atoms with E-state index in [1.807, 2.05) is 4.90 Å². The van der Waals surface area contributed by atoms with Crippen molar-refractivity contribution in [1.82, 2.24) is 14.8 Å². The predicted molar refractivity (Wildman–Crippen MR) is 106 cm³/mol. The van der Waals surface area contributed by atoms with Gasteiger partial charge in [-0.1, -0.05) is 0 Å². The molecule has 0 bridgehead atoms. The SMILES string of the molecule is CN1CCC(COc2ncccc2F)CC12CN(C(=O)c1ccoc1)C2.O=C(O)C(F)(F)F. The van der Waals surface area contributed by atoms with Crippen molar-refractivity contribution in [2.24, 2.45) is 5.92 Å². The number of carboxylic acids is 1. The molecule has 12 heteroatoms. The molecule has 1 unspecified atom stereocenters. The van der Waals surface area contributed by atoms with Gasteiger partial charge in [-0.25, -0.2) is 14.2 Å². The third-order valence-electron chi connectivity index (χ3n) is 5.80. The molecule has 4 rings (SSSR count). The molecule has 1 atom stereocenters. The number of ether oxygens (including phenoxy) is 1. The fourth-order valence-electron chi connectivity index (χ4n) is 3.97. The van der Waals surface area contributed by atoms with Crippen LogP contribution in [-0.4, -0.2) is 76.8 Å². The van der Waals surface area contributed by atoms with Gasteiger partial charge in [-0.05, 0) is 50.6 Å². The van der Waals surface area contributed by atoms with Gasteiger partial charge in [0.1, 0.15) is 6.26 Å². The number of carbonyl (C=O) groups excluding carboxylic acids is 1. The summed E-state index contributed by atoms with van der Waals surface area (Å²) in [6.45, 7) is 2.77. The largest absolute Gasteiger partial charge is 0.490 e. The number of carboxylic acid groups (broad SMARTS) is 1. The fourth-order valence-corrected chi connectivity index (χ4v) is 3.97. The van der Waals surface area contributed by atoms with Crippen LogP contribution in [0, 0.1) is 11.7 Å². The van der Waals surface area contributed by atoms with Crippen LogP contribution in [0.25, 0.3) is 0 Å². The minimum atomic E-state index is -5.08. The topological polar surface area (TPSA) is 96.1 Å². The number of carbonyl (C=O) groups is 2. The average Bonchev–Trinajstić information content (AvgIpc) is 3.27. The van der Waals surface area contributed by atoms with Crippen LogP contribution in [0.5, 0.6) is 5.88 Å². The van der Waals surface area contributed by atoms with Gasteiger partial charge in [0.25, 0.3) is 5.91 Å². The summed E-state index contributed by atoms with van der Waals surface area (Å²) in [6, 6.07) is 4.59. The quantitative estimate of drug-likeness (QED) is 0.682. The number of likely N-dealkylation sites (tertiary alicyclic amines) is 2. The van der Waals surface area contributed by atoms with Crippen molar-refractivity contribution in [1.29, 1.82) is 0 Å². The maximum Gasteiger partial charge on any atom is 0.490 e. The van der Waals surface area contributed by atoms with Crippen LogP contribution >= 0.6 is 0 Å². The van der Waals surface area contributed by atoms with Crippen LogP contribution < -0.4 is 4.74 Å². The second-order valence-corrected chi connectivity index (χ2v) is 8.08. The van der Waals surface area contributed by atoms with Gasteiger partial charge in [0.15, 0.2) is 5.82 Å². The van der Waals surface area contributed by atoms with Gasteiger partial charge >= 0.3 is 12.1 Å². The molecule has 2 aromatic rings. The van der Waals surface area contributed by atoms with E-state index in [-0.39, 0.29) is 17.3 Å². The van der Waals surface area contributed by atoms with Gasteiger partial charge in [-0.3, -0.25) is 9.69 Å². The Hall–Kier alpha value is -3.15. The third kappa shape index (κ3) is 5.81. The number of hydrogen-bond acceptors (Lipinski definition) is 6. The third-order valence-corrected chi connectivity index (χ3v) is 5.80. The number of aromatic nitrogens is 1. The van der Waals surface area contributed by atoms with Gasteiger partial charge in [0.2, 0.25) is 5.88 Å². The van der Waals surface area contributed by atoms with Crippen LogP contribution in [0.15, 0.2) is 41.3 Å². The number of halogens is 4. The fraction of sp³-hybridized carbons (Fsp3) is 0.476. The number of nitrogens with zero attached hydrogens (tertiary/aromatic N) is 3. The summed E-state index contributed by atoms with van der Waals surface area (Å²) in [5.41, 5.74) is 0.567. The van der Waals surface area contributed by atoms with Crippen molar-refractivity contribution in [3.8, 4) is 5.88 Å². The molecule has 1 spiro atoms. The minimum absolute atomic E-state index is 0.00621. The Morgan fingerprint density at radius 1 is 1.33 bits per heavy atom. The number of piperidine rings is 1. The zero-order chi connectivity index (χ0) is 24.2. The van der Waals surface area contributed by atoms with E-state index < -0.39 is 18.0 Å². The first-order valence-corrected chi connectivity index (χ1v) is 10.1. The normalized spacial score (nSPS) is 19.9. The molecule has 0 radical (unpaired) electrons. The molecule has 0 aromatic carbocycles. The average molecular weight is 473 g/mol. The lowest BCUT2D eigenvalue weighted by Crippen LogP contribution is -2.72. The minimum Gasteiger partial charge on any atom is -0.475 e. The Bertz CT molecular complexity index is 961. The zero-order valence-corrected chi connectivity index (χ0v) is 17.7. The Morgan fingerprint density at radius 2 is 2.03 bits per heavy atom. The highest BCUT2D eigenvalue weighted by molar-refractivity contribution is 5.94. The lowest BCUT2D eigenvalue weighted by Gasteiger charge is -2.58. The number of furan rings is 1. The summed E-state index contributed by atoms with van der Waals surface area (Å²) in [7, 11) is 2.11. The number of likely N-dealkylation sites (N-methyl/N-ethyl adjacent to an activating group) is 1. The molecule has 1 amide bonds. The molecule has 1 N–H and O–H groups in total. The number of rotatable bonds is 4. The van der Waals surface area contributed by atoms with Gasteiger partial charge in [-0.15, -0.1) is 0 Å². The van der Waals surface area contributed by atoms with E-state index in [4.69, 9.17) is 19.1 Å². The molecule has 33 heavy (non-hydrogen) atoms. The lowest BCUT2D eigenvalue weighted by atomic mass is 9.75. The van der Waals surface area contributed by atoms with Crippen LogP contribution in [0.4, 0.5) is 17.6 Å². The molecule has 180 valence electrons. The summed E-state index contributed by atoms with van der Waals surface area (Å²) >= 11 is 0. The highest BCUT2D eigenvalue weighted by Crippen LogP contribution is 2.39. The molecule has 4 heterocycles. The molecular formula is C21H23F4N3O5. The Morgan fingerprint density at radius 3 is 2.61 bits per heavy atom. The van der Waals surface area contributed by atoms with Crippen molar-refractivity contribution >= 4 is 11.9 Å². The highest BCUT2D eigenvalue weighted by atomic mass is 19.4. The Kier molecular flexibility index (Phi) is 7.25. The van der Waals surface area contributed by atoms with Gasteiger partial charge in [0, 0.05) is 19.3 Å². The van der Waals surface area contributed by atoms with Gasteiger partial charge in [-0.2, -0.15) is 13.2 Å². The van der Waals surface area contributed by atoms with Gasteiger partial charge < -0.3 is 19.2 Å². The van der Waals surface area contributed by atoms with E-state index in [1.165, 1.54) is 24.8 Å². The van der Waals surface area contributed by atoms with Crippen LogP contribution in [0.1, 0.15) is 23.2 Å². The van der Waals surface area contributed by atoms with Crippen molar-refractivity contribution in [2.45, 2.75) is 24.6 Å². The summed E-state index contributed by atoms with van der Waals surface area (Å²) in [5.74, 6) is -2.81. The number of pyridine rings is 1. The van der Waals surface area contributed by atoms with Crippen molar-refractivity contribution < 1.29 is 41.4 Å². The molecule has 0 aliphatic carbocycles. The molecule has 2 aliphatic heterocycles. The van der Waals surface area contributed by atoms with E-state index in [1.54, 1.807) is 12.1 Å². The first kappa shape index (κ1) is 24.5. The maximum absolute atomic E-state index is 13.7. The molecule has 2 aromatic heterocycles. The summed E-state index contributed by atoms with van der Waals surface area (Å²) in [5, 5.41) is 7.12. The van der Waals surface area contributed by atoms with E-state index in [2.05, 4.69) is 16.9 Å². The van der Waals surface area contributed by atoms with Crippen LogP contribution in [0.3, 0.4) is 0 Å². The van der Waals surface area contributed by atoms with Crippen LogP contribution in [0.2, 0.25) is 0 Å². The summed E-state index contributed by atoms with van der Waals surface area (Å²) < 4.78 is 56.0. The maximum atomic E-state index is 13.7. The summed E-state index contributed by atoms with van der Waals surface area (Å²) in [4.78, 5) is 29.4. The Balaban J connectivity index is 0.000000383. The zero-order valence-electron chi connectivity index (χ0n) is 17.7. The molecule has 0 saturated carbocycles. The van der Waals surface area contributed by atoms with E-state index >= 15 is 0 Å². The number of alkyl halides is 3. The first-order chi connectivity index (χ1) is 15.5. The molecule has 2 fully saturated rings. The standard InChI is InChI=1S/C19H22FN3O3.C2HF3O2/c1-22-7-4-14(10-26-17-16(20)3-2-6-21-17)9-19(22)12-23(13-19)18(24)15-5-8-25-11-15;3-2(4,5)1(6)7/h2-3,5-6,8,11,14H,4,7,9-10,12-13H2,1H3;(H,6,7). The molecular weight excluding hydrogens is 450 g/mol. The van der Waals surface area contributed by atoms with Crippen LogP contribution in [-0.2, 0) is 4.79 Å². The molecule has 2 aliphatic rings. The number of amides is 1. The number of aliphatic carboxylic acids is 1. The second-order valence-electron chi connectivity index (χ2n) is 8.08. The number of hydrogen-bond donors (Lipinski definition) is 1. The highest BCUT2D eigenvalue weighted by Gasteiger charge is 2.51. The van der Waals surface area contributed by atoms with Crippen molar-refractivity contribution in [2.75, 3.05) is 33.3 Å². The Labute approximate surface area is 186 Å². The molecule has 2 saturated heterocycles. The predicted octanol–water partition coefficient (Wildman–Crippen LogP) is 3.06. The first-order valence-electron chi connectivity index (χ1n) is 10.1.